The Hall–Kier alpha value is -2.68. The molecule has 2 aromatic rings. The minimum Gasteiger partial charge on any atom is -0.352 e. The maximum Gasteiger partial charge on any atom is 0.322 e. The van der Waals surface area contributed by atoms with Crippen LogP contribution in [0.2, 0.25) is 0 Å². The van der Waals surface area contributed by atoms with Gasteiger partial charge in [0.2, 0.25) is 5.91 Å². The van der Waals surface area contributed by atoms with Gasteiger partial charge in [-0.3, -0.25) is 15.0 Å². The number of urea groups is 1. The maximum atomic E-state index is 11.6. The first-order chi connectivity index (χ1) is 12.7. The van der Waals surface area contributed by atoms with Crippen LogP contribution < -0.4 is 15.5 Å². The van der Waals surface area contributed by atoms with E-state index >= 15 is 0 Å². The van der Waals surface area contributed by atoms with Crippen molar-refractivity contribution in [2.24, 2.45) is 0 Å². The van der Waals surface area contributed by atoms with Gasteiger partial charge in [-0.15, -0.1) is 0 Å². The van der Waals surface area contributed by atoms with Crippen LogP contribution in [0, 0.1) is 0 Å². The number of amides is 3. The van der Waals surface area contributed by atoms with E-state index < -0.39 is 6.03 Å². The third-order valence-corrected chi connectivity index (χ3v) is 5.37. The van der Waals surface area contributed by atoms with Gasteiger partial charge < -0.3 is 10.2 Å². The molecule has 1 atom stereocenters. The van der Waals surface area contributed by atoms with Crippen molar-refractivity contribution in [3.05, 3.63) is 24.2 Å². The average Bonchev–Trinajstić information content (AvgIpc) is 3.39. The van der Waals surface area contributed by atoms with E-state index in [1.807, 2.05) is 10.7 Å². The summed E-state index contributed by atoms with van der Waals surface area (Å²) in [6.07, 6.45) is 6.23. The van der Waals surface area contributed by atoms with Crippen LogP contribution in [0.3, 0.4) is 0 Å². The van der Waals surface area contributed by atoms with Gasteiger partial charge in [-0.1, -0.05) is 0 Å². The molecule has 3 aliphatic rings. The number of nitrogens with zero attached hydrogens (tertiary/aromatic N) is 5. The summed E-state index contributed by atoms with van der Waals surface area (Å²) in [4.78, 5) is 32.1. The molecule has 1 aliphatic carbocycles. The summed E-state index contributed by atoms with van der Waals surface area (Å²) in [7, 11) is 0. The lowest BCUT2D eigenvalue weighted by Crippen LogP contribution is -2.62. The van der Waals surface area contributed by atoms with Crippen molar-refractivity contribution in [3.8, 4) is 0 Å². The molecular weight excluding hydrogens is 334 g/mol. The summed E-state index contributed by atoms with van der Waals surface area (Å²) in [5, 5.41) is 9.79. The number of imide groups is 1. The molecule has 3 fully saturated rings. The molecule has 9 nitrogen and oxygen atoms in total. The van der Waals surface area contributed by atoms with E-state index in [1.54, 1.807) is 6.20 Å². The summed E-state index contributed by atoms with van der Waals surface area (Å²) in [6.45, 7) is 3.13. The number of carbonyl (C=O) groups excluding carboxylic acids is 2. The molecule has 0 spiro atoms. The standard InChI is InChI=1S/C17H21N7O2/c25-15-10-14(19-17(26)20-15)22-5-7-23(8-6-22)16-13-9-12(11-1-2-11)21-24(13)4-3-18-16/h3-4,9,11,14H,1-2,5-8,10H2,(H2,19,20,25,26). The molecule has 5 rings (SSSR count). The molecule has 0 radical (unpaired) electrons. The highest BCUT2D eigenvalue weighted by molar-refractivity contribution is 5.97. The molecule has 26 heavy (non-hydrogen) atoms. The fourth-order valence-corrected chi connectivity index (χ4v) is 3.81. The monoisotopic (exact) mass is 355 g/mol. The van der Waals surface area contributed by atoms with Crippen LogP contribution in [0.15, 0.2) is 18.5 Å². The zero-order chi connectivity index (χ0) is 17.7. The fourth-order valence-electron chi connectivity index (χ4n) is 3.81. The smallest absolute Gasteiger partial charge is 0.322 e. The first-order valence-electron chi connectivity index (χ1n) is 9.11. The van der Waals surface area contributed by atoms with Crippen LogP contribution in [0.25, 0.3) is 5.52 Å². The molecule has 2 aromatic heterocycles. The predicted molar refractivity (Wildman–Crippen MR) is 93.8 cm³/mol. The minimum atomic E-state index is -0.410. The first kappa shape index (κ1) is 15.6. The summed E-state index contributed by atoms with van der Waals surface area (Å²) in [5.41, 5.74) is 2.21. The molecule has 2 aliphatic heterocycles. The van der Waals surface area contributed by atoms with Gasteiger partial charge in [-0.05, 0) is 18.9 Å². The second-order valence-electron chi connectivity index (χ2n) is 7.19. The van der Waals surface area contributed by atoms with Gasteiger partial charge in [0, 0.05) is 44.5 Å². The van der Waals surface area contributed by atoms with Gasteiger partial charge in [0.05, 0.1) is 18.3 Å². The van der Waals surface area contributed by atoms with E-state index in [0.717, 1.165) is 43.2 Å². The van der Waals surface area contributed by atoms with Crippen LogP contribution in [-0.4, -0.2) is 63.8 Å². The first-order valence-corrected chi connectivity index (χ1v) is 9.11. The number of piperazine rings is 1. The number of rotatable bonds is 3. The number of hydrogen-bond donors (Lipinski definition) is 2. The molecule has 0 aromatic carbocycles. The minimum absolute atomic E-state index is 0.223. The van der Waals surface area contributed by atoms with Gasteiger partial charge >= 0.3 is 6.03 Å². The molecular formula is C17H21N7O2. The summed E-state index contributed by atoms with van der Waals surface area (Å²) in [6, 6.07) is 1.75. The molecule has 0 bridgehead atoms. The maximum absolute atomic E-state index is 11.6. The predicted octanol–water partition coefficient (Wildman–Crippen LogP) is 0.284. The number of anilines is 1. The Bertz CT molecular complexity index is 851. The van der Waals surface area contributed by atoms with E-state index in [9.17, 15) is 9.59 Å². The van der Waals surface area contributed by atoms with Crippen molar-refractivity contribution in [2.45, 2.75) is 31.3 Å². The van der Waals surface area contributed by atoms with Crippen molar-refractivity contribution in [3.63, 3.8) is 0 Å². The van der Waals surface area contributed by atoms with Crippen LogP contribution in [-0.2, 0) is 4.79 Å². The number of hydrogen-bond acceptors (Lipinski definition) is 6. The van der Waals surface area contributed by atoms with Gasteiger partial charge in [0.1, 0.15) is 5.52 Å². The van der Waals surface area contributed by atoms with E-state index in [-0.39, 0.29) is 12.1 Å². The second kappa shape index (κ2) is 5.94. The van der Waals surface area contributed by atoms with Crippen LogP contribution >= 0.6 is 0 Å². The zero-order valence-electron chi connectivity index (χ0n) is 14.4. The van der Waals surface area contributed by atoms with Crippen LogP contribution in [0.1, 0.15) is 30.9 Å². The summed E-state index contributed by atoms with van der Waals surface area (Å²) >= 11 is 0. The average molecular weight is 355 g/mol. The normalized spacial score (nSPS) is 24.6. The van der Waals surface area contributed by atoms with Gasteiger partial charge in [0.25, 0.3) is 0 Å². The van der Waals surface area contributed by atoms with E-state index in [4.69, 9.17) is 0 Å². The van der Waals surface area contributed by atoms with Gasteiger partial charge in [-0.2, -0.15) is 5.10 Å². The highest BCUT2D eigenvalue weighted by Gasteiger charge is 2.32. The molecule has 2 N–H and O–H groups in total. The Kier molecular flexibility index (Phi) is 3.56. The number of aromatic nitrogens is 3. The number of nitrogens with one attached hydrogen (secondary N) is 2. The van der Waals surface area contributed by atoms with Crippen molar-refractivity contribution in [2.75, 3.05) is 31.1 Å². The molecule has 9 heteroatoms. The third kappa shape index (κ3) is 2.78. The number of carbonyl (C=O) groups is 2. The third-order valence-electron chi connectivity index (χ3n) is 5.37. The molecule has 3 amide bonds. The summed E-state index contributed by atoms with van der Waals surface area (Å²) in [5.74, 6) is 1.34. The quantitative estimate of drug-likeness (QED) is 0.822. The Morgan fingerprint density at radius 3 is 2.65 bits per heavy atom. The Labute approximate surface area is 150 Å². The van der Waals surface area contributed by atoms with Crippen molar-refractivity contribution < 1.29 is 9.59 Å². The van der Waals surface area contributed by atoms with E-state index in [2.05, 4.69) is 36.6 Å². The van der Waals surface area contributed by atoms with Gasteiger partial charge in [0.15, 0.2) is 5.82 Å². The number of fused-ring (bicyclic) bond motifs is 1. The van der Waals surface area contributed by atoms with Crippen molar-refractivity contribution >= 4 is 23.3 Å². The molecule has 1 unspecified atom stereocenters. The highest BCUT2D eigenvalue weighted by Crippen LogP contribution is 2.40. The Balaban J connectivity index is 1.31. The van der Waals surface area contributed by atoms with E-state index in [0.29, 0.717) is 12.3 Å². The SMILES string of the molecule is O=C1CC(N2CCN(c3nccn4nc(C5CC5)cc34)CC2)NC(=O)N1. The fraction of sp³-hybridized carbons (Fsp3) is 0.529. The lowest BCUT2D eigenvalue weighted by atomic mass is 10.2. The van der Waals surface area contributed by atoms with Crippen LogP contribution in [0.5, 0.6) is 0 Å². The van der Waals surface area contributed by atoms with Crippen molar-refractivity contribution in [1.82, 2.24) is 30.1 Å². The summed E-state index contributed by atoms with van der Waals surface area (Å²) < 4.78 is 1.92. The molecule has 2 saturated heterocycles. The van der Waals surface area contributed by atoms with Crippen LogP contribution in [0.4, 0.5) is 10.6 Å². The second-order valence-corrected chi connectivity index (χ2v) is 7.19. The lowest BCUT2D eigenvalue weighted by molar-refractivity contribution is -0.122. The lowest BCUT2D eigenvalue weighted by Gasteiger charge is -2.40. The van der Waals surface area contributed by atoms with Crippen molar-refractivity contribution in [1.29, 1.82) is 0 Å². The Morgan fingerprint density at radius 2 is 1.92 bits per heavy atom. The van der Waals surface area contributed by atoms with Gasteiger partial charge in [-0.25, -0.2) is 14.3 Å². The zero-order valence-corrected chi connectivity index (χ0v) is 14.4. The molecule has 4 heterocycles. The highest BCUT2D eigenvalue weighted by atomic mass is 16.2. The van der Waals surface area contributed by atoms with E-state index in [1.165, 1.54) is 12.8 Å². The Morgan fingerprint density at radius 1 is 1.12 bits per heavy atom. The topological polar surface area (TPSA) is 94.9 Å². The molecule has 1 saturated carbocycles. The molecule has 136 valence electrons. The largest absolute Gasteiger partial charge is 0.352 e.